The first-order valence-corrected chi connectivity index (χ1v) is 5.95. The summed E-state index contributed by atoms with van der Waals surface area (Å²) in [6.07, 6.45) is 5.97. The van der Waals surface area contributed by atoms with Crippen LogP contribution in [0.2, 0.25) is 0 Å². The van der Waals surface area contributed by atoms with E-state index in [-0.39, 0.29) is 12.1 Å². The molecule has 0 radical (unpaired) electrons. The Balaban J connectivity index is 1.81. The van der Waals surface area contributed by atoms with Crippen LogP contribution in [-0.2, 0) is 0 Å². The maximum Gasteiger partial charge on any atom is 0.317 e. The molecule has 1 atom stereocenters. The molecule has 0 bridgehead atoms. The molecular weight excluding hydrogens is 190 g/mol. The highest BCUT2D eigenvalue weighted by atomic mass is 16.2. The van der Waals surface area contributed by atoms with Gasteiger partial charge in [0.05, 0.1) is 0 Å². The molecule has 2 rings (SSSR count). The van der Waals surface area contributed by atoms with Gasteiger partial charge < -0.3 is 16.0 Å². The third kappa shape index (κ3) is 2.43. The van der Waals surface area contributed by atoms with Crippen LogP contribution in [0.5, 0.6) is 0 Å². The van der Waals surface area contributed by atoms with Crippen molar-refractivity contribution in [3.63, 3.8) is 0 Å². The highest BCUT2D eigenvalue weighted by molar-refractivity contribution is 5.74. The molecule has 2 amide bonds. The lowest BCUT2D eigenvalue weighted by atomic mass is 9.93. The van der Waals surface area contributed by atoms with E-state index in [0.29, 0.717) is 18.5 Å². The third-order valence-electron chi connectivity index (χ3n) is 3.66. The van der Waals surface area contributed by atoms with Gasteiger partial charge in [-0.3, -0.25) is 0 Å². The molecule has 0 aromatic rings. The van der Waals surface area contributed by atoms with Gasteiger partial charge in [0.25, 0.3) is 0 Å². The zero-order chi connectivity index (χ0) is 10.8. The first-order valence-electron chi connectivity index (χ1n) is 5.95. The van der Waals surface area contributed by atoms with Gasteiger partial charge in [-0.2, -0.15) is 0 Å². The minimum atomic E-state index is 0.0575. The third-order valence-corrected chi connectivity index (χ3v) is 3.66. The van der Waals surface area contributed by atoms with E-state index in [1.54, 1.807) is 4.90 Å². The van der Waals surface area contributed by atoms with Crippen LogP contribution in [0.1, 0.15) is 32.1 Å². The van der Waals surface area contributed by atoms with Crippen LogP contribution in [0.25, 0.3) is 0 Å². The van der Waals surface area contributed by atoms with Gasteiger partial charge in [-0.15, -0.1) is 0 Å². The number of nitrogens with zero attached hydrogens (tertiary/aromatic N) is 1. The van der Waals surface area contributed by atoms with Gasteiger partial charge in [-0.25, -0.2) is 4.79 Å². The summed E-state index contributed by atoms with van der Waals surface area (Å²) in [5.74, 6) is 0.646. The molecule has 4 heteroatoms. The lowest BCUT2D eigenvalue weighted by molar-refractivity contribution is 0.174. The molecule has 2 saturated carbocycles. The number of amides is 2. The van der Waals surface area contributed by atoms with Crippen molar-refractivity contribution in [3.8, 4) is 0 Å². The largest absolute Gasteiger partial charge is 0.335 e. The summed E-state index contributed by atoms with van der Waals surface area (Å²) in [4.78, 5) is 13.6. The standard InChI is InChI=1S/C11H21N3O/c1-14(10(7-12)8-5-6-8)11(15)13-9-3-2-4-9/h8-10H,2-7,12H2,1H3,(H,13,15). The van der Waals surface area contributed by atoms with Gasteiger partial charge >= 0.3 is 6.03 Å². The summed E-state index contributed by atoms with van der Waals surface area (Å²) in [5.41, 5.74) is 5.71. The van der Waals surface area contributed by atoms with Crippen molar-refractivity contribution in [3.05, 3.63) is 0 Å². The summed E-state index contributed by atoms with van der Waals surface area (Å²) in [5, 5.41) is 3.04. The van der Waals surface area contributed by atoms with Crippen molar-refractivity contribution in [1.29, 1.82) is 0 Å². The van der Waals surface area contributed by atoms with Crippen molar-refractivity contribution < 1.29 is 4.79 Å². The monoisotopic (exact) mass is 211 g/mol. The van der Waals surface area contributed by atoms with E-state index in [9.17, 15) is 4.79 Å². The number of nitrogens with one attached hydrogen (secondary N) is 1. The number of likely N-dealkylation sites (N-methyl/N-ethyl adjacent to an activating group) is 1. The SMILES string of the molecule is CN(C(=O)NC1CCC1)C(CN)C1CC1. The summed E-state index contributed by atoms with van der Waals surface area (Å²) >= 11 is 0. The Bertz CT molecular complexity index is 236. The van der Waals surface area contributed by atoms with E-state index < -0.39 is 0 Å². The van der Waals surface area contributed by atoms with Crippen molar-refractivity contribution in [2.24, 2.45) is 11.7 Å². The van der Waals surface area contributed by atoms with Gasteiger partial charge in [-0.05, 0) is 38.0 Å². The highest BCUT2D eigenvalue weighted by Crippen LogP contribution is 2.34. The predicted molar refractivity (Wildman–Crippen MR) is 59.5 cm³/mol. The minimum absolute atomic E-state index is 0.0575. The van der Waals surface area contributed by atoms with Crippen LogP contribution in [0.4, 0.5) is 4.79 Å². The Morgan fingerprint density at radius 2 is 2.13 bits per heavy atom. The molecule has 0 heterocycles. The van der Waals surface area contributed by atoms with E-state index in [4.69, 9.17) is 5.73 Å². The van der Waals surface area contributed by atoms with Gasteiger partial charge in [0, 0.05) is 25.7 Å². The fourth-order valence-electron chi connectivity index (χ4n) is 2.13. The van der Waals surface area contributed by atoms with E-state index in [1.165, 1.54) is 19.3 Å². The van der Waals surface area contributed by atoms with Crippen molar-refractivity contribution in [2.45, 2.75) is 44.2 Å². The van der Waals surface area contributed by atoms with E-state index in [2.05, 4.69) is 5.32 Å². The Morgan fingerprint density at radius 1 is 1.47 bits per heavy atom. The molecule has 0 aliphatic heterocycles. The Hall–Kier alpha value is -0.770. The van der Waals surface area contributed by atoms with E-state index >= 15 is 0 Å². The molecule has 0 spiro atoms. The number of hydrogen-bond acceptors (Lipinski definition) is 2. The maximum absolute atomic E-state index is 11.8. The van der Waals surface area contributed by atoms with E-state index in [0.717, 1.165) is 12.8 Å². The van der Waals surface area contributed by atoms with Gasteiger partial charge in [-0.1, -0.05) is 0 Å². The smallest absolute Gasteiger partial charge is 0.317 e. The first kappa shape index (κ1) is 10.7. The molecule has 2 fully saturated rings. The number of rotatable bonds is 4. The predicted octanol–water partition coefficient (Wildman–Crippen LogP) is 0.918. The lowest BCUT2D eigenvalue weighted by Gasteiger charge is -2.32. The second kappa shape index (κ2) is 4.39. The molecule has 86 valence electrons. The molecule has 2 aliphatic rings. The first-order chi connectivity index (χ1) is 7.22. The summed E-state index contributed by atoms with van der Waals surface area (Å²) in [6, 6.07) is 0.713. The molecule has 0 aromatic carbocycles. The zero-order valence-corrected chi connectivity index (χ0v) is 9.41. The average molecular weight is 211 g/mol. The van der Waals surface area contributed by atoms with E-state index in [1.807, 2.05) is 7.05 Å². The molecular formula is C11H21N3O. The molecule has 0 aromatic heterocycles. The molecule has 4 nitrogen and oxygen atoms in total. The van der Waals surface area contributed by atoms with Gasteiger partial charge in [0.15, 0.2) is 0 Å². The molecule has 3 N–H and O–H groups in total. The second-order valence-corrected chi connectivity index (χ2v) is 4.83. The van der Waals surface area contributed by atoms with Gasteiger partial charge in [0.2, 0.25) is 0 Å². The van der Waals surface area contributed by atoms with Crippen LogP contribution in [-0.4, -0.2) is 36.6 Å². The average Bonchev–Trinajstić information content (AvgIpc) is 2.96. The summed E-state index contributed by atoms with van der Waals surface area (Å²) in [6.45, 7) is 0.583. The number of hydrogen-bond donors (Lipinski definition) is 2. The molecule has 0 saturated heterocycles. The van der Waals surface area contributed by atoms with Crippen LogP contribution in [0, 0.1) is 5.92 Å². The van der Waals surface area contributed by atoms with Crippen LogP contribution >= 0.6 is 0 Å². The van der Waals surface area contributed by atoms with Crippen molar-refractivity contribution in [1.82, 2.24) is 10.2 Å². The number of carbonyl (C=O) groups excluding carboxylic acids is 1. The molecule has 2 aliphatic carbocycles. The lowest BCUT2D eigenvalue weighted by Crippen LogP contribution is -2.51. The van der Waals surface area contributed by atoms with Crippen LogP contribution in [0.15, 0.2) is 0 Å². The number of nitrogens with two attached hydrogens (primary N) is 1. The number of urea groups is 1. The Kier molecular flexibility index (Phi) is 3.14. The van der Waals surface area contributed by atoms with Crippen molar-refractivity contribution >= 4 is 6.03 Å². The Labute approximate surface area is 91.2 Å². The molecule has 1 unspecified atom stereocenters. The normalized spacial score (nSPS) is 23.1. The van der Waals surface area contributed by atoms with Crippen LogP contribution < -0.4 is 11.1 Å². The fourth-order valence-corrected chi connectivity index (χ4v) is 2.13. The topological polar surface area (TPSA) is 58.4 Å². The highest BCUT2D eigenvalue weighted by Gasteiger charge is 2.35. The Morgan fingerprint density at radius 3 is 2.53 bits per heavy atom. The summed E-state index contributed by atoms with van der Waals surface area (Å²) < 4.78 is 0. The second-order valence-electron chi connectivity index (χ2n) is 4.83. The zero-order valence-electron chi connectivity index (χ0n) is 9.41. The maximum atomic E-state index is 11.8. The fraction of sp³-hybridized carbons (Fsp3) is 0.909. The van der Waals surface area contributed by atoms with Crippen LogP contribution in [0.3, 0.4) is 0 Å². The summed E-state index contributed by atoms with van der Waals surface area (Å²) in [7, 11) is 1.86. The molecule has 15 heavy (non-hydrogen) atoms. The quantitative estimate of drug-likeness (QED) is 0.726. The number of carbonyl (C=O) groups is 1. The van der Waals surface area contributed by atoms with Crippen molar-refractivity contribution in [2.75, 3.05) is 13.6 Å². The minimum Gasteiger partial charge on any atom is -0.335 e. The van der Waals surface area contributed by atoms with Gasteiger partial charge in [0.1, 0.15) is 0 Å².